The number of halogens is 1. The minimum absolute atomic E-state index is 0.126. The fourth-order valence-electron chi connectivity index (χ4n) is 1.92. The molecule has 0 spiro atoms. The van der Waals surface area contributed by atoms with Gasteiger partial charge in [0, 0.05) is 11.0 Å². The number of carbonyl (C=O) groups excluding carboxylic acids is 1. The van der Waals surface area contributed by atoms with Crippen LogP contribution in [0.25, 0.3) is 0 Å². The highest BCUT2D eigenvalue weighted by atomic mass is 79.9. The quantitative estimate of drug-likeness (QED) is 0.910. The molecule has 2 aromatic rings. The maximum atomic E-state index is 12.2. The van der Waals surface area contributed by atoms with Gasteiger partial charge in [0.2, 0.25) is 0 Å². The van der Waals surface area contributed by atoms with E-state index in [9.17, 15) is 4.79 Å². The molecule has 2 aromatic carbocycles. The maximum Gasteiger partial charge on any atom is 0.255 e. The normalized spacial score (nSPS) is 10.1. The summed E-state index contributed by atoms with van der Waals surface area (Å²) in [6.07, 6.45) is 0.808. The topological polar surface area (TPSA) is 38.3 Å². The van der Waals surface area contributed by atoms with Crippen molar-refractivity contribution in [2.24, 2.45) is 0 Å². The van der Waals surface area contributed by atoms with Crippen LogP contribution in [0.15, 0.2) is 53.0 Å². The van der Waals surface area contributed by atoms with Crippen molar-refractivity contribution in [2.45, 2.75) is 6.42 Å². The monoisotopic (exact) mass is 333 g/mol. The third-order valence-corrected chi connectivity index (χ3v) is 3.44. The smallest absolute Gasteiger partial charge is 0.255 e. The molecule has 0 heterocycles. The van der Waals surface area contributed by atoms with E-state index >= 15 is 0 Å². The van der Waals surface area contributed by atoms with E-state index in [4.69, 9.17) is 4.74 Å². The van der Waals surface area contributed by atoms with E-state index in [2.05, 4.69) is 21.2 Å². The van der Waals surface area contributed by atoms with Crippen LogP contribution in [0, 0.1) is 0 Å². The molecule has 0 aliphatic carbocycles. The molecule has 20 heavy (non-hydrogen) atoms. The molecule has 0 saturated heterocycles. The SMILES string of the molecule is COc1ccc(Br)cc1C(=O)NCCc1ccccc1. The first-order valence-electron chi connectivity index (χ1n) is 6.36. The van der Waals surface area contributed by atoms with Gasteiger partial charge in [0.05, 0.1) is 12.7 Å². The summed E-state index contributed by atoms with van der Waals surface area (Å²) in [5, 5.41) is 2.91. The second-order valence-corrected chi connectivity index (χ2v) is 5.25. The summed E-state index contributed by atoms with van der Waals surface area (Å²) in [6, 6.07) is 15.4. The van der Waals surface area contributed by atoms with Crippen LogP contribution in [-0.4, -0.2) is 19.6 Å². The molecule has 3 nitrogen and oxygen atoms in total. The largest absolute Gasteiger partial charge is 0.496 e. The molecule has 0 fully saturated rings. The number of benzene rings is 2. The lowest BCUT2D eigenvalue weighted by molar-refractivity contribution is 0.0951. The number of carbonyl (C=O) groups is 1. The minimum Gasteiger partial charge on any atom is -0.496 e. The van der Waals surface area contributed by atoms with Crippen molar-refractivity contribution < 1.29 is 9.53 Å². The van der Waals surface area contributed by atoms with Gasteiger partial charge in [-0.25, -0.2) is 0 Å². The lowest BCUT2D eigenvalue weighted by atomic mass is 10.1. The number of methoxy groups -OCH3 is 1. The Morgan fingerprint density at radius 3 is 2.65 bits per heavy atom. The van der Waals surface area contributed by atoms with Crippen molar-refractivity contribution in [3.05, 3.63) is 64.1 Å². The molecular formula is C16H16BrNO2. The van der Waals surface area contributed by atoms with Gasteiger partial charge in [0.15, 0.2) is 0 Å². The summed E-state index contributed by atoms with van der Waals surface area (Å²) in [5.41, 5.74) is 1.74. The van der Waals surface area contributed by atoms with Crippen molar-refractivity contribution >= 4 is 21.8 Å². The molecule has 1 amide bonds. The Morgan fingerprint density at radius 1 is 1.20 bits per heavy atom. The zero-order valence-corrected chi connectivity index (χ0v) is 12.8. The minimum atomic E-state index is -0.126. The molecule has 0 bridgehead atoms. The van der Waals surface area contributed by atoms with Gasteiger partial charge in [-0.2, -0.15) is 0 Å². The second kappa shape index (κ2) is 7.10. The van der Waals surface area contributed by atoms with Crippen LogP contribution in [0.4, 0.5) is 0 Å². The predicted molar refractivity (Wildman–Crippen MR) is 83.2 cm³/mol. The van der Waals surface area contributed by atoms with Gasteiger partial charge in [0.1, 0.15) is 5.75 Å². The molecule has 104 valence electrons. The van der Waals surface area contributed by atoms with Crippen LogP contribution < -0.4 is 10.1 Å². The Bertz CT molecular complexity index is 584. The van der Waals surface area contributed by atoms with Crippen LogP contribution >= 0.6 is 15.9 Å². The molecule has 0 aliphatic heterocycles. The van der Waals surface area contributed by atoms with E-state index in [-0.39, 0.29) is 5.91 Å². The van der Waals surface area contributed by atoms with Gasteiger partial charge in [-0.3, -0.25) is 4.79 Å². The van der Waals surface area contributed by atoms with Crippen LogP contribution in [0.1, 0.15) is 15.9 Å². The first kappa shape index (κ1) is 14.6. The predicted octanol–water partition coefficient (Wildman–Crippen LogP) is 3.43. The lowest BCUT2D eigenvalue weighted by Crippen LogP contribution is -2.26. The number of rotatable bonds is 5. The van der Waals surface area contributed by atoms with Gasteiger partial charge in [0.25, 0.3) is 5.91 Å². The molecule has 0 saturated carbocycles. The van der Waals surface area contributed by atoms with Gasteiger partial charge in [-0.15, -0.1) is 0 Å². The van der Waals surface area contributed by atoms with Crippen molar-refractivity contribution in [2.75, 3.05) is 13.7 Å². The Labute approximate surface area is 127 Å². The Morgan fingerprint density at radius 2 is 1.95 bits per heavy atom. The molecule has 0 radical (unpaired) electrons. The van der Waals surface area contributed by atoms with E-state index < -0.39 is 0 Å². The van der Waals surface area contributed by atoms with Crippen LogP contribution in [0.2, 0.25) is 0 Å². The summed E-state index contributed by atoms with van der Waals surface area (Å²) >= 11 is 3.36. The summed E-state index contributed by atoms with van der Waals surface area (Å²) < 4.78 is 6.06. The fraction of sp³-hybridized carbons (Fsp3) is 0.188. The van der Waals surface area contributed by atoms with E-state index in [0.717, 1.165) is 10.9 Å². The highest BCUT2D eigenvalue weighted by Gasteiger charge is 2.12. The fourth-order valence-corrected chi connectivity index (χ4v) is 2.28. The highest BCUT2D eigenvalue weighted by molar-refractivity contribution is 9.10. The van der Waals surface area contributed by atoms with Gasteiger partial charge >= 0.3 is 0 Å². The molecule has 1 N–H and O–H groups in total. The number of amides is 1. The average molecular weight is 334 g/mol. The molecular weight excluding hydrogens is 318 g/mol. The van der Waals surface area contributed by atoms with Crippen LogP contribution in [-0.2, 0) is 6.42 Å². The molecule has 2 rings (SSSR count). The number of hydrogen-bond donors (Lipinski definition) is 1. The summed E-state index contributed by atoms with van der Waals surface area (Å²) in [7, 11) is 1.56. The lowest BCUT2D eigenvalue weighted by Gasteiger charge is -2.09. The van der Waals surface area contributed by atoms with Crippen molar-refractivity contribution in [3.8, 4) is 5.75 Å². The Kier molecular flexibility index (Phi) is 5.18. The zero-order valence-electron chi connectivity index (χ0n) is 11.2. The van der Waals surface area contributed by atoms with Crippen LogP contribution in [0.5, 0.6) is 5.75 Å². The van der Waals surface area contributed by atoms with Crippen LogP contribution in [0.3, 0.4) is 0 Å². The summed E-state index contributed by atoms with van der Waals surface area (Å²) in [4.78, 5) is 12.2. The number of ether oxygens (including phenoxy) is 1. The average Bonchev–Trinajstić information content (AvgIpc) is 2.48. The van der Waals surface area contributed by atoms with Crippen molar-refractivity contribution in [1.29, 1.82) is 0 Å². The second-order valence-electron chi connectivity index (χ2n) is 4.34. The van der Waals surface area contributed by atoms with Gasteiger partial charge < -0.3 is 10.1 Å². The number of hydrogen-bond acceptors (Lipinski definition) is 2. The molecule has 0 aromatic heterocycles. The number of nitrogens with one attached hydrogen (secondary N) is 1. The third-order valence-electron chi connectivity index (χ3n) is 2.95. The maximum absolute atomic E-state index is 12.2. The van der Waals surface area contributed by atoms with Gasteiger partial charge in [-0.05, 0) is 30.2 Å². The standard InChI is InChI=1S/C16H16BrNO2/c1-20-15-8-7-13(17)11-14(15)16(19)18-10-9-12-5-3-2-4-6-12/h2-8,11H,9-10H2,1H3,(H,18,19). The summed E-state index contributed by atoms with van der Waals surface area (Å²) in [6.45, 7) is 0.596. The first-order chi connectivity index (χ1) is 9.70. The molecule has 0 atom stereocenters. The zero-order chi connectivity index (χ0) is 14.4. The first-order valence-corrected chi connectivity index (χ1v) is 7.15. The molecule has 0 aliphatic rings. The van der Waals surface area contributed by atoms with E-state index in [1.807, 2.05) is 36.4 Å². The Balaban J connectivity index is 1.97. The highest BCUT2D eigenvalue weighted by Crippen LogP contribution is 2.22. The van der Waals surface area contributed by atoms with E-state index in [1.54, 1.807) is 19.2 Å². The van der Waals surface area contributed by atoms with E-state index in [1.165, 1.54) is 5.56 Å². The molecule has 4 heteroatoms. The van der Waals surface area contributed by atoms with Crippen molar-refractivity contribution in [1.82, 2.24) is 5.32 Å². The molecule has 0 unspecified atom stereocenters. The summed E-state index contributed by atoms with van der Waals surface area (Å²) in [5.74, 6) is 0.449. The Hall–Kier alpha value is -1.81. The van der Waals surface area contributed by atoms with Gasteiger partial charge in [-0.1, -0.05) is 46.3 Å². The van der Waals surface area contributed by atoms with E-state index in [0.29, 0.717) is 17.9 Å². The van der Waals surface area contributed by atoms with Crippen molar-refractivity contribution in [3.63, 3.8) is 0 Å². The third kappa shape index (κ3) is 3.84.